The van der Waals surface area contributed by atoms with Gasteiger partial charge < -0.3 is 19.7 Å². The zero-order valence-corrected chi connectivity index (χ0v) is 16.8. The van der Waals surface area contributed by atoms with Crippen LogP contribution in [0.4, 0.5) is 0 Å². The Morgan fingerprint density at radius 3 is 2.63 bits per heavy atom. The number of aliphatic imine (C=N–C) groups is 1. The predicted molar refractivity (Wildman–Crippen MR) is 109 cm³/mol. The Morgan fingerprint density at radius 1 is 1.19 bits per heavy atom. The molecule has 150 valence electrons. The lowest BCUT2D eigenvalue weighted by Crippen LogP contribution is -2.40. The van der Waals surface area contributed by atoms with E-state index in [-0.39, 0.29) is 0 Å². The largest absolute Gasteiger partial charge is 0.384 e. The van der Waals surface area contributed by atoms with Crippen molar-refractivity contribution in [2.24, 2.45) is 10.9 Å². The first kappa shape index (κ1) is 20.1. The van der Waals surface area contributed by atoms with Gasteiger partial charge in [0.25, 0.3) is 0 Å². The minimum absolute atomic E-state index is 0.610. The van der Waals surface area contributed by atoms with E-state index in [4.69, 9.17) is 14.5 Å². The number of guanidine groups is 1. The maximum absolute atomic E-state index is 5.42. The molecule has 1 unspecified atom stereocenters. The van der Waals surface area contributed by atoms with Crippen LogP contribution >= 0.6 is 0 Å². The number of rotatable bonds is 7. The number of nitrogens with one attached hydrogen (secondary N) is 1. The molecule has 1 N–H and O–H groups in total. The summed E-state index contributed by atoms with van der Waals surface area (Å²) in [6.07, 6.45) is 1.18. The number of nitrogens with zero attached hydrogens (tertiary/aromatic N) is 3. The van der Waals surface area contributed by atoms with Crippen molar-refractivity contribution in [2.45, 2.75) is 26.4 Å². The fourth-order valence-corrected chi connectivity index (χ4v) is 3.76. The highest BCUT2D eigenvalue weighted by molar-refractivity contribution is 5.80. The van der Waals surface area contributed by atoms with Crippen molar-refractivity contribution < 1.29 is 9.47 Å². The zero-order chi connectivity index (χ0) is 18.9. The van der Waals surface area contributed by atoms with E-state index in [1.54, 1.807) is 7.11 Å². The van der Waals surface area contributed by atoms with Crippen molar-refractivity contribution in [3.63, 3.8) is 0 Å². The number of morpholine rings is 1. The first-order chi connectivity index (χ1) is 13.3. The number of hydrogen-bond acceptors (Lipinski definition) is 4. The molecule has 2 fully saturated rings. The van der Waals surface area contributed by atoms with Crippen LogP contribution in [0.15, 0.2) is 29.3 Å². The number of benzene rings is 1. The van der Waals surface area contributed by atoms with Crippen LogP contribution in [0.25, 0.3) is 0 Å². The van der Waals surface area contributed by atoms with Gasteiger partial charge in [0.1, 0.15) is 0 Å². The van der Waals surface area contributed by atoms with Gasteiger partial charge in [-0.15, -0.1) is 0 Å². The van der Waals surface area contributed by atoms with Crippen LogP contribution in [0.5, 0.6) is 0 Å². The molecule has 2 aliphatic heterocycles. The number of likely N-dealkylation sites (tertiary alicyclic amines) is 1. The van der Waals surface area contributed by atoms with Gasteiger partial charge in [-0.1, -0.05) is 24.3 Å². The topological polar surface area (TPSA) is 49.3 Å². The van der Waals surface area contributed by atoms with Gasteiger partial charge in [-0.2, -0.15) is 0 Å². The van der Waals surface area contributed by atoms with E-state index in [2.05, 4.69) is 46.3 Å². The summed E-state index contributed by atoms with van der Waals surface area (Å²) < 4.78 is 10.7. The number of ether oxygens (including phenoxy) is 2. The fraction of sp³-hybridized carbons (Fsp3) is 0.667. The molecular weight excluding hydrogens is 340 g/mol. The van der Waals surface area contributed by atoms with Crippen LogP contribution < -0.4 is 5.32 Å². The molecule has 6 nitrogen and oxygen atoms in total. The van der Waals surface area contributed by atoms with Crippen LogP contribution in [0.1, 0.15) is 24.5 Å². The van der Waals surface area contributed by atoms with E-state index in [1.165, 1.54) is 17.5 Å². The Morgan fingerprint density at radius 2 is 1.93 bits per heavy atom. The molecule has 0 bridgehead atoms. The minimum Gasteiger partial charge on any atom is -0.384 e. The van der Waals surface area contributed by atoms with Gasteiger partial charge >= 0.3 is 0 Å². The van der Waals surface area contributed by atoms with Crippen LogP contribution in [0.3, 0.4) is 0 Å². The fourth-order valence-electron chi connectivity index (χ4n) is 3.76. The lowest BCUT2D eigenvalue weighted by atomic mass is 10.1. The lowest BCUT2D eigenvalue weighted by molar-refractivity contribution is 0.0342. The molecule has 0 aromatic heterocycles. The number of hydrogen-bond donors (Lipinski definition) is 1. The van der Waals surface area contributed by atoms with Crippen LogP contribution in [-0.4, -0.2) is 75.4 Å². The van der Waals surface area contributed by atoms with Crippen molar-refractivity contribution in [3.8, 4) is 0 Å². The van der Waals surface area contributed by atoms with Gasteiger partial charge in [-0.3, -0.25) is 4.90 Å². The van der Waals surface area contributed by atoms with E-state index in [0.717, 1.165) is 65.0 Å². The predicted octanol–water partition coefficient (Wildman–Crippen LogP) is 1.95. The Kier molecular flexibility index (Phi) is 7.93. The summed E-state index contributed by atoms with van der Waals surface area (Å²) in [6, 6.07) is 8.89. The second kappa shape index (κ2) is 10.6. The van der Waals surface area contributed by atoms with Gasteiger partial charge in [0.05, 0.1) is 26.4 Å². The van der Waals surface area contributed by atoms with E-state index in [1.807, 2.05) is 0 Å². The molecule has 1 aromatic rings. The maximum atomic E-state index is 5.42. The summed E-state index contributed by atoms with van der Waals surface area (Å²) in [5.74, 6) is 1.63. The van der Waals surface area contributed by atoms with E-state index in [9.17, 15) is 0 Å². The third kappa shape index (κ3) is 6.19. The van der Waals surface area contributed by atoms with Crippen molar-refractivity contribution in [2.75, 3.05) is 59.7 Å². The highest BCUT2D eigenvalue weighted by atomic mass is 16.5. The van der Waals surface area contributed by atoms with E-state index in [0.29, 0.717) is 12.5 Å². The van der Waals surface area contributed by atoms with Gasteiger partial charge in [0.15, 0.2) is 5.96 Å². The molecule has 2 aliphatic rings. The van der Waals surface area contributed by atoms with Gasteiger partial charge in [0.2, 0.25) is 0 Å². The van der Waals surface area contributed by atoms with Gasteiger partial charge in [-0.25, -0.2) is 4.99 Å². The Bertz CT molecular complexity index is 584. The quantitative estimate of drug-likeness (QED) is 0.584. The smallest absolute Gasteiger partial charge is 0.194 e. The third-order valence-electron chi connectivity index (χ3n) is 5.27. The van der Waals surface area contributed by atoms with Crippen molar-refractivity contribution in [3.05, 3.63) is 35.4 Å². The molecule has 0 spiro atoms. The summed E-state index contributed by atoms with van der Waals surface area (Å²) in [5, 5.41) is 3.44. The Balaban J connectivity index is 1.54. The Labute approximate surface area is 163 Å². The molecular formula is C21H34N4O2. The van der Waals surface area contributed by atoms with Gasteiger partial charge in [0, 0.05) is 52.3 Å². The zero-order valence-electron chi connectivity index (χ0n) is 16.8. The summed E-state index contributed by atoms with van der Waals surface area (Å²) >= 11 is 0. The van der Waals surface area contributed by atoms with Crippen LogP contribution in [0.2, 0.25) is 0 Å². The molecule has 27 heavy (non-hydrogen) atoms. The highest BCUT2D eigenvalue weighted by Crippen LogP contribution is 2.17. The highest BCUT2D eigenvalue weighted by Gasteiger charge is 2.24. The van der Waals surface area contributed by atoms with E-state index >= 15 is 0 Å². The Hall–Kier alpha value is -1.63. The van der Waals surface area contributed by atoms with Crippen molar-refractivity contribution >= 4 is 5.96 Å². The first-order valence-corrected chi connectivity index (χ1v) is 10.2. The first-order valence-electron chi connectivity index (χ1n) is 10.2. The third-order valence-corrected chi connectivity index (χ3v) is 5.27. The van der Waals surface area contributed by atoms with Crippen LogP contribution in [-0.2, 0) is 22.6 Å². The monoisotopic (exact) mass is 374 g/mol. The van der Waals surface area contributed by atoms with Gasteiger partial charge in [-0.05, 0) is 24.5 Å². The average molecular weight is 375 g/mol. The molecule has 6 heteroatoms. The number of methoxy groups -OCH3 is 1. The standard InChI is InChI=1S/C21H34N4O2/c1-3-22-21(25-9-8-20(16-25)17-26-2)23-14-18-4-6-19(7-5-18)15-24-10-12-27-13-11-24/h4-7,20H,3,8-17H2,1-2H3,(H,22,23). The molecule has 2 saturated heterocycles. The van der Waals surface area contributed by atoms with E-state index < -0.39 is 0 Å². The maximum Gasteiger partial charge on any atom is 0.194 e. The van der Waals surface area contributed by atoms with Crippen molar-refractivity contribution in [1.29, 1.82) is 0 Å². The second-order valence-corrected chi connectivity index (χ2v) is 7.43. The van der Waals surface area contributed by atoms with Crippen LogP contribution in [0, 0.1) is 5.92 Å². The summed E-state index contributed by atoms with van der Waals surface area (Å²) in [7, 11) is 1.78. The normalized spacial score (nSPS) is 21.6. The summed E-state index contributed by atoms with van der Waals surface area (Å²) in [6.45, 7) is 11.4. The average Bonchev–Trinajstić information content (AvgIpc) is 3.16. The SMILES string of the molecule is CCNC(=NCc1ccc(CN2CCOCC2)cc1)N1CCC(COC)C1. The molecule has 0 amide bonds. The lowest BCUT2D eigenvalue weighted by Gasteiger charge is -2.26. The minimum atomic E-state index is 0.610. The second-order valence-electron chi connectivity index (χ2n) is 7.43. The van der Waals surface area contributed by atoms with Crippen molar-refractivity contribution in [1.82, 2.24) is 15.1 Å². The molecule has 1 atom stereocenters. The molecule has 1 aromatic carbocycles. The molecule has 0 saturated carbocycles. The molecule has 0 radical (unpaired) electrons. The summed E-state index contributed by atoms with van der Waals surface area (Å²) in [4.78, 5) is 9.68. The molecule has 2 heterocycles. The molecule has 0 aliphatic carbocycles. The molecule has 3 rings (SSSR count). The summed E-state index contributed by atoms with van der Waals surface area (Å²) in [5.41, 5.74) is 2.61.